The van der Waals surface area contributed by atoms with E-state index in [1.54, 1.807) is 25.1 Å². The molecular weight excluding hydrogens is 196 g/mol. The normalized spacial score (nSPS) is 11.6. The first kappa shape index (κ1) is 11.2. The van der Waals surface area contributed by atoms with Gasteiger partial charge in [0.05, 0.1) is 10.6 Å². The summed E-state index contributed by atoms with van der Waals surface area (Å²) >= 11 is 0. The zero-order chi connectivity index (χ0) is 10.6. The van der Waals surface area contributed by atoms with Crippen LogP contribution >= 0.6 is 0 Å². The van der Waals surface area contributed by atoms with Gasteiger partial charge in [-0.1, -0.05) is 26.0 Å². The zero-order valence-corrected chi connectivity index (χ0v) is 9.18. The average molecular weight is 211 g/mol. The molecule has 0 fully saturated rings. The molecule has 1 radical (unpaired) electrons. The smallest absolute Gasteiger partial charge is 0.178 e. The molecule has 3 heteroatoms. The van der Waals surface area contributed by atoms with E-state index in [-0.39, 0.29) is 5.75 Å². The van der Waals surface area contributed by atoms with Crippen molar-refractivity contribution in [3.8, 4) is 0 Å². The Hall–Kier alpha value is -0.830. The predicted octanol–water partition coefficient (Wildman–Crippen LogP) is 2.25. The Balaban J connectivity index is 3.06. The van der Waals surface area contributed by atoms with E-state index in [0.29, 0.717) is 4.90 Å². The monoisotopic (exact) mass is 211 g/mol. The third-order valence-electron chi connectivity index (χ3n) is 2.10. The van der Waals surface area contributed by atoms with Gasteiger partial charge in [-0.05, 0) is 30.5 Å². The molecule has 0 bridgehead atoms. The van der Waals surface area contributed by atoms with Gasteiger partial charge in [0.15, 0.2) is 9.84 Å². The van der Waals surface area contributed by atoms with Gasteiger partial charge >= 0.3 is 0 Å². The molecule has 0 aliphatic carbocycles. The second kappa shape index (κ2) is 4.60. The lowest BCUT2D eigenvalue weighted by Gasteiger charge is -2.03. The second-order valence-electron chi connectivity index (χ2n) is 3.15. The largest absolute Gasteiger partial charge is 0.224 e. The van der Waals surface area contributed by atoms with Crippen molar-refractivity contribution in [1.29, 1.82) is 0 Å². The molecule has 0 aliphatic heterocycles. The molecule has 77 valence electrons. The van der Waals surface area contributed by atoms with Crippen LogP contribution in [0.4, 0.5) is 0 Å². The minimum Gasteiger partial charge on any atom is -0.224 e. The number of sulfone groups is 1. The van der Waals surface area contributed by atoms with Crippen molar-refractivity contribution < 1.29 is 8.42 Å². The van der Waals surface area contributed by atoms with Gasteiger partial charge in [0.2, 0.25) is 0 Å². The topological polar surface area (TPSA) is 34.1 Å². The Kier molecular flexibility index (Phi) is 3.69. The summed E-state index contributed by atoms with van der Waals surface area (Å²) < 4.78 is 23.1. The van der Waals surface area contributed by atoms with Gasteiger partial charge in [0.25, 0.3) is 0 Å². The molecular formula is C11H15O2S. The summed E-state index contributed by atoms with van der Waals surface area (Å²) in [6, 6.07) is 7.10. The van der Waals surface area contributed by atoms with Crippen molar-refractivity contribution in [2.75, 3.05) is 5.75 Å². The van der Waals surface area contributed by atoms with Gasteiger partial charge in [-0.3, -0.25) is 0 Å². The van der Waals surface area contributed by atoms with Crippen molar-refractivity contribution in [3.63, 3.8) is 0 Å². The molecule has 0 saturated heterocycles. The molecule has 0 atom stereocenters. The van der Waals surface area contributed by atoms with Gasteiger partial charge in [-0.2, -0.15) is 0 Å². The van der Waals surface area contributed by atoms with Crippen molar-refractivity contribution in [3.05, 3.63) is 36.8 Å². The van der Waals surface area contributed by atoms with Crippen LogP contribution < -0.4 is 0 Å². The van der Waals surface area contributed by atoms with E-state index in [1.807, 2.05) is 6.07 Å². The lowest BCUT2D eigenvalue weighted by Crippen LogP contribution is -2.03. The van der Waals surface area contributed by atoms with Gasteiger partial charge in [-0.15, -0.1) is 0 Å². The molecule has 2 nitrogen and oxygen atoms in total. The average Bonchev–Trinajstić information content (AvgIpc) is 2.19. The number of aryl methyl sites for hydroxylation is 1. The SMILES string of the molecule is [CH2]CCc1cccc(S(=O)(=O)CC)c1. The molecule has 1 aromatic carbocycles. The fourth-order valence-corrected chi connectivity index (χ4v) is 2.22. The zero-order valence-electron chi connectivity index (χ0n) is 8.36. The maximum atomic E-state index is 11.5. The van der Waals surface area contributed by atoms with Crippen molar-refractivity contribution in [2.45, 2.75) is 24.7 Å². The minimum atomic E-state index is -3.06. The standard InChI is InChI=1S/C11H15O2S/c1-3-6-10-7-5-8-11(9-10)14(12,13)4-2/h5,7-9H,1,3-4,6H2,2H3. The third kappa shape index (κ3) is 2.58. The van der Waals surface area contributed by atoms with Crippen molar-refractivity contribution in [1.82, 2.24) is 0 Å². The second-order valence-corrected chi connectivity index (χ2v) is 5.43. The van der Waals surface area contributed by atoms with Gasteiger partial charge < -0.3 is 0 Å². The van der Waals surface area contributed by atoms with E-state index >= 15 is 0 Å². The predicted molar refractivity (Wildman–Crippen MR) is 57.8 cm³/mol. The van der Waals surface area contributed by atoms with Crippen molar-refractivity contribution in [2.24, 2.45) is 0 Å². The van der Waals surface area contributed by atoms with E-state index in [0.717, 1.165) is 18.4 Å². The first-order valence-electron chi connectivity index (χ1n) is 4.71. The maximum Gasteiger partial charge on any atom is 0.178 e. The summed E-state index contributed by atoms with van der Waals surface area (Å²) in [4.78, 5) is 0.422. The first-order chi connectivity index (χ1) is 6.60. The van der Waals surface area contributed by atoms with E-state index in [2.05, 4.69) is 6.92 Å². The maximum absolute atomic E-state index is 11.5. The number of hydrogen-bond donors (Lipinski definition) is 0. The first-order valence-corrected chi connectivity index (χ1v) is 6.36. The van der Waals surface area contributed by atoms with Crippen LogP contribution in [-0.4, -0.2) is 14.2 Å². The van der Waals surface area contributed by atoms with Gasteiger partial charge in [0, 0.05) is 0 Å². The molecule has 1 aromatic rings. The molecule has 0 N–H and O–H groups in total. The summed E-state index contributed by atoms with van der Waals surface area (Å²) in [5.74, 6) is 0.154. The van der Waals surface area contributed by atoms with E-state index in [4.69, 9.17) is 0 Å². The molecule has 1 rings (SSSR count). The highest BCUT2D eigenvalue weighted by Gasteiger charge is 2.10. The Morgan fingerprint density at radius 3 is 2.64 bits per heavy atom. The fraction of sp³-hybridized carbons (Fsp3) is 0.364. The summed E-state index contributed by atoms with van der Waals surface area (Å²) in [5, 5.41) is 0. The van der Waals surface area contributed by atoms with Crippen LogP contribution in [0.15, 0.2) is 29.2 Å². The number of benzene rings is 1. The van der Waals surface area contributed by atoms with E-state index in [1.165, 1.54) is 0 Å². The summed E-state index contributed by atoms with van der Waals surface area (Å²) in [7, 11) is -3.06. The molecule has 0 spiro atoms. The highest BCUT2D eigenvalue weighted by Crippen LogP contribution is 2.14. The molecule has 0 heterocycles. The molecule has 0 amide bonds. The highest BCUT2D eigenvalue weighted by atomic mass is 32.2. The summed E-state index contributed by atoms with van der Waals surface area (Å²) in [6.45, 7) is 5.40. The van der Waals surface area contributed by atoms with Crippen LogP contribution in [-0.2, 0) is 16.3 Å². The van der Waals surface area contributed by atoms with Crippen LogP contribution in [0.3, 0.4) is 0 Å². The van der Waals surface area contributed by atoms with Crippen LogP contribution in [0, 0.1) is 6.92 Å². The lowest BCUT2D eigenvalue weighted by molar-refractivity contribution is 0.597. The molecule has 0 saturated carbocycles. The minimum absolute atomic E-state index is 0.154. The lowest BCUT2D eigenvalue weighted by atomic mass is 10.1. The molecule has 0 aromatic heterocycles. The summed E-state index contributed by atoms with van der Waals surface area (Å²) in [6.07, 6.45) is 1.61. The van der Waals surface area contributed by atoms with Crippen LogP contribution in [0.1, 0.15) is 18.9 Å². The third-order valence-corrected chi connectivity index (χ3v) is 3.84. The Morgan fingerprint density at radius 1 is 1.36 bits per heavy atom. The number of hydrogen-bond acceptors (Lipinski definition) is 2. The van der Waals surface area contributed by atoms with E-state index < -0.39 is 9.84 Å². The Bertz CT molecular complexity index is 394. The fourth-order valence-electron chi connectivity index (χ4n) is 1.27. The highest BCUT2D eigenvalue weighted by molar-refractivity contribution is 7.91. The van der Waals surface area contributed by atoms with E-state index in [9.17, 15) is 8.42 Å². The Morgan fingerprint density at radius 2 is 2.07 bits per heavy atom. The number of rotatable bonds is 4. The van der Waals surface area contributed by atoms with Gasteiger partial charge in [0.1, 0.15) is 0 Å². The molecule has 0 aliphatic rings. The Labute approximate surface area is 85.9 Å². The van der Waals surface area contributed by atoms with Gasteiger partial charge in [-0.25, -0.2) is 8.42 Å². The summed E-state index contributed by atoms with van der Waals surface area (Å²) in [5.41, 5.74) is 1.04. The van der Waals surface area contributed by atoms with Crippen LogP contribution in [0.25, 0.3) is 0 Å². The van der Waals surface area contributed by atoms with Crippen LogP contribution in [0.2, 0.25) is 0 Å². The molecule has 0 unspecified atom stereocenters. The van der Waals surface area contributed by atoms with Crippen LogP contribution in [0.5, 0.6) is 0 Å². The van der Waals surface area contributed by atoms with Crippen molar-refractivity contribution >= 4 is 9.84 Å². The quantitative estimate of drug-likeness (QED) is 0.765. The molecule has 14 heavy (non-hydrogen) atoms.